The van der Waals surface area contributed by atoms with Crippen molar-refractivity contribution in [1.29, 1.82) is 0 Å². The van der Waals surface area contributed by atoms with Gasteiger partial charge in [0.1, 0.15) is 5.15 Å². The Labute approximate surface area is 102 Å². The number of aliphatic hydroxyl groups is 1. The van der Waals surface area contributed by atoms with Crippen molar-refractivity contribution >= 4 is 11.6 Å². The largest absolute Gasteiger partial charge is 0.396 e. The molecule has 0 spiro atoms. The summed E-state index contributed by atoms with van der Waals surface area (Å²) < 4.78 is 0. The fourth-order valence-corrected chi connectivity index (χ4v) is 1.78. The van der Waals surface area contributed by atoms with E-state index in [1.54, 1.807) is 6.20 Å². The van der Waals surface area contributed by atoms with Crippen molar-refractivity contribution in [3.8, 4) is 0 Å². The fraction of sp³-hybridized carbons (Fsp3) is 0.583. The van der Waals surface area contributed by atoms with E-state index in [-0.39, 0.29) is 6.61 Å². The monoisotopic (exact) mass is 242 g/mol. The van der Waals surface area contributed by atoms with Crippen LogP contribution in [0.2, 0.25) is 5.15 Å². The molecular formula is C12H19ClN2O. The summed E-state index contributed by atoms with van der Waals surface area (Å²) in [6.45, 7) is 4.03. The SMILES string of the molecule is CCC(CCO)CNCc1cccnc1Cl. The fourth-order valence-electron chi connectivity index (χ4n) is 1.60. The zero-order valence-electron chi connectivity index (χ0n) is 9.62. The molecule has 4 heteroatoms. The standard InChI is InChI=1S/C12H19ClN2O/c1-2-10(5-7-16)8-14-9-11-4-3-6-15-12(11)13/h3-4,6,10,14,16H,2,5,7-9H2,1H3. The van der Waals surface area contributed by atoms with Gasteiger partial charge in [0.15, 0.2) is 0 Å². The minimum Gasteiger partial charge on any atom is -0.396 e. The van der Waals surface area contributed by atoms with E-state index in [2.05, 4.69) is 17.2 Å². The molecule has 0 saturated carbocycles. The normalized spacial score (nSPS) is 12.7. The van der Waals surface area contributed by atoms with E-state index < -0.39 is 0 Å². The van der Waals surface area contributed by atoms with Crippen LogP contribution in [-0.2, 0) is 6.54 Å². The lowest BCUT2D eigenvalue weighted by atomic mass is 10.0. The molecule has 0 amide bonds. The molecule has 0 bridgehead atoms. The summed E-state index contributed by atoms with van der Waals surface area (Å²) in [5.74, 6) is 0.528. The first kappa shape index (κ1) is 13.4. The highest BCUT2D eigenvalue weighted by Crippen LogP contribution is 2.11. The third kappa shape index (κ3) is 4.47. The summed E-state index contributed by atoms with van der Waals surface area (Å²) in [5.41, 5.74) is 1.02. The van der Waals surface area contributed by atoms with Crippen LogP contribution in [0.3, 0.4) is 0 Å². The number of hydrogen-bond acceptors (Lipinski definition) is 3. The van der Waals surface area contributed by atoms with E-state index in [1.807, 2.05) is 12.1 Å². The number of aromatic nitrogens is 1. The summed E-state index contributed by atoms with van der Waals surface area (Å²) in [6.07, 6.45) is 3.62. The van der Waals surface area contributed by atoms with Crippen LogP contribution in [0, 0.1) is 5.92 Å². The Hall–Kier alpha value is -0.640. The Morgan fingerprint density at radius 2 is 2.38 bits per heavy atom. The van der Waals surface area contributed by atoms with Crippen molar-refractivity contribution in [2.45, 2.75) is 26.3 Å². The molecule has 2 N–H and O–H groups in total. The average molecular weight is 243 g/mol. The second kappa shape index (κ2) is 7.60. The van der Waals surface area contributed by atoms with Crippen LogP contribution >= 0.6 is 11.6 Å². The summed E-state index contributed by atoms with van der Waals surface area (Å²) >= 11 is 5.94. The molecule has 1 aromatic rings. The van der Waals surface area contributed by atoms with Gasteiger partial charge in [-0.15, -0.1) is 0 Å². The van der Waals surface area contributed by atoms with E-state index >= 15 is 0 Å². The Kier molecular flexibility index (Phi) is 6.38. The van der Waals surface area contributed by atoms with Crippen LogP contribution in [-0.4, -0.2) is 23.2 Å². The topological polar surface area (TPSA) is 45.1 Å². The maximum atomic E-state index is 8.87. The van der Waals surface area contributed by atoms with Crippen molar-refractivity contribution in [2.75, 3.05) is 13.2 Å². The third-order valence-electron chi connectivity index (χ3n) is 2.70. The lowest BCUT2D eigenvalue weighted by Crippen LogP contribution is -2.23. The Morgan fingerprint density at radius 1 is 1.56 bits per heavy atom. The van der Waals surface area contributed by atoms with Crippen molar-refractivity contribution in [1.82, 2.24) is 10.3 Å². The second-order valence-corrected chi connectivity index (χ2v) is 4.23. The molecule has 3 nitrogen and oxygen atoms in total. The lowest BCUT2D eigenvalue weighted by molar-refractivity contribution is 0.251. The third-order valence-corrected chi connectivity index (χ3v) is 3.04. The summed E-state index contributed by atoms with van der Waals surface area (Å²) in [4.78, 5) is 4.02. The molecule has 1 unspecified atom stereocenters. The molecule has 0 aliphatic carbocycles. The van der Waals surface area contributed by atoms with Gasteiger partial charge in [-0.1, -0.05) is 31.0 Å². The maximum Gasteiger partial charge on any atom is 0.133 e. The zero-order valence-corrected chi connectivity index (χ0v) is 10.4. The number of halogens is 1. The molecule has 0 radical (unpaired) electrons. The molecular weight excluding hydrogens is 224 g/mol. The Balaban J connectivity index is 2.32. The smallest absolute Gasteiger partial charge is 0.133 e. The van der Waals surface area contributed by atoms with E-state index in [4.69, 9.17) is 16.7 Å². The molecule has 0 aromatic carbocycles. The van der Waals surface area contributed by atoms with Gasteiger partial charge in [-0.25, -0.2) is 4.98 Å². The van der Waals surface area contributed by atoms with Crippen molar-refractivity contribution in [2.24, 2.45) is 5.92 Å². The summed E-state index contributed by atoms with van der Waals surface area (Å²) in [6, 6.07) is 3.85. The van der Waals surface area contributed by atoms with E-state index in [9.17, 15) is 0 Å². The van der Waals surface area contributed by atoms with Crippen molar-refractivity contribution in [3.63, 3.8) is 0 Å². The van der Waals surface area contributed by atoms with E-state index in [0.29, 0.717) is 11.1 Å². The molecule has 1 atom stereocenters. The first-order valence-corrected chi connectivity index (χ1v) is 6.06. The van der Waals surface area contributed by atoms with Crippen LogP contribution in [0.15, 0.2) is 18.3 Å². The van der Waals surface area contributed by atoms with Crippen LogP contribution in [0.5, 0.6) is 0 Å². The minimum absolute atomic E-state index is 0.258. The van der Waals surface area contributed by atoms with Gasteiger partial charge in [0.25, 0.3) is 0 Å². The molecule has 1 heterocycles. The highest BCUT2D eigenvalue weighted by molar-refractivity contribution is 6.30. The molecule has 0 aliphatic heterocycles. The van der Waals surface area contributed by atoms with Gasteiger partial charge in [0.05, 0.1) is 0 Å². The molecule has 0 aliphatic rings. The predicted molar refractivity (Wildman–Crippen MR) is 66.4 cm³/mol. The van der Waals surface area contributed by atoms with Gasteiger partial charge in [-0.2, -0.15) is 0 Å². The van der Waals surface area contributed by atoms with E-state index in [0.717, 1.165) is 31.5 Å². The van der Waals surface area contributed by atoms with Gasteiger partial charge >= 0.3 is 0 Å². The van der Waals surface area contributed by atoms with Gasteiger partial charge in [-0.3, -0.25) is 0 Å². The van der Waals surface area contributed by atoms with Crippen molar-refractivity contribution < 1.29 is 5.11 Å². The summed E-state index contributed by atoms with van der Waals surface area (Å²) in [5, 5.41) is 12.8. The second-order valence-electron chi connectivity index (χ2n) is 3.87. The highest BCUT2D eigenvalue weighted by Gasteiger charge is 2.05. The van der Waals surface area contributed by atoms with Gasteiger partial charge in [0.2, 0.25) is 0 Å². The van der Waals surface area contributed by atoms with Crippen LogP contribution in [0.4, 0.5) is 0 Å². The molecule has 16 heavy (non-hydrogen) atoms. The van der Waals surface area contributed by atoms with Crippen molar-refractivity contribution in [3.05, 3.63) is 29.0 Å². The number of nitrogens with zero attached hydrogens (tertiary/aromatic N) is 1. The summed E-state index contributed by atoms with van der Waals surface area (Å²) in [7, 11) is 0. The van der Waals surface area contributed by atoms with Crippen LogP contribution < -0.4 is 5.32 Å². The highest BCUT2D eigenvalue weighted by atomic mass is 35.5. The zero-order chi connectivity index (χ0) is 11.8. The molecule has 1 rings (SSSR count). The number of nitrogens with one attached hydrogen (secondary N) is 1. The Morgan fingerprint density at radius 3 is 3.00 bits per heavy atom. The number of hydrogen-bond donors (Lipinski definition) is 2. The molecule has 1 aromatic heterocycles. The van der Waals surface area contributed by atoms with Crippen LogP contribution in [0.25, 0.3) is 0 Å². The molecule has 0 fully saturated rings. The maximum absolute atomic E-state index is 8.87. The average Bonchev–Trinajstić information content (AvgIpc) is 2.30. The number of rotatable bonds is 7. The lowest BCUT2D eigenvalue weighted by Gasteiger charge is -2.14. The van der Waals surface area contributed by atoms with Gasteiger partial charge < -0.3 is 10.4 Å². The first-order chi connectivity index (χ1) is 7.77. The van der Waals surface area contributed by atoms with E-state index in [1.165, 1.54) is 0 Å². The van der Waals surface area contributed by atoms with Gasteiger partial charge in [0, 0.05) is 24.9 Å². The molecule has 90 valence electrons. The number of aliphatic hydroxyl groups excluding tert-OH is 1. The Bertz CT molecular complexity index is 307. The minimum atomic E-state index is 0.258. The van der Waals surface area contributed by atoms with Gasteiger partial charge in [-0.05, 0) is 24.9 Å². The molecule has 0 saturated heterocycles. The first-order valence-electron chi connectivity index (χ1n) is 5.68. The number of pyridine rings is 1. The van der Waals surface area contributed by atoms with Crippen LogP contribution in [0.1, 0.15) is 25.3 Å². The quantitative estimate of drug-likeness (QED) is 0.721. The predicted octanol–water partition coefficient (Wildman–Crippen LogP) is 2.23.